The van der Waals surface area contributed by atoms with E-state index in [1.807, 2.05) is 29.2 Å². The van der Waals surface area contributed by atoms with E-state index < -0.39 is 18.1 Å². The maximum absolute atomic E-state index is 11.8. The molecule has 0 bridgehead atoms. The fraction of sp³-hybridized carbons (Fsp3) is 0.591. The zero-order valence-corrected chi connectivity index (χ0v) is 17.0. The van der Waals surface area contributed by atoms with Gasteiger partial charge in [0, 0.05) is 24.1 Å². The van der Waals surface area contributed by atoms with E-state index in [2.05, 4.69) is 17.1 Å². The highest BCUT2D eigenvalue weighted by Crippen LogP contribution is 2.34. The summed E-state index contributed by atoms with van der Waals surface area (Å²) in [6.07, 6.45) is 6.70. The number of amides is 1. The van der Waals surface area contributed by atoms with Gasteiger partial charge in [0.25, 0.3) is 0 Å². The van der Waals surface area contributed by atoms with Gasteiger partial charge in [0.05, 0.1) is 6.10 Å². The van der Waals surface area contributed by atoms with E-state index >= 15 is 0 Å². The van der Waals surface area contributed by atoms with Gasteiger partial charge in [-0.25, -0.2) is 0 Å². The molecule has 7 nitrogen and oxygen atoms in total. The fourth-order valence-electron chi connectivity index (χ4n) is 4.89. The molecule has 29 heavy (non-hydrogen) atoms. The summed E-state index contributed by atoms with van der Waals surface area (Å²) in [5.74, 6) is 1.30. The minimum Gasteiger partial charge on any atom is -0.391 e. The molecule has 2 heterocycles. The number of rotatable bonds is 6. The number of benzene rings is 1. The number of nitrogens with two attached hydrogens (primary N) is 1. The van der Waals surface area contributed by atoms with Crippen LogP contribution in [0.2, 0.25) is 0 Å². The Hall–Kier alpha value is -2.25. The minimum absolute atomic E-state index is 0.0294. The number of carbonyl (C=O) groups is 1. The van der Waals surface area contributed by atoms with Crippen molar-refractivity contribution in [1.82, 2.24) is 15.0 Å². The molecule has 0 radical (unpaired) electrons. The predicted octanol–water partition coefficient (Wildman–Crippen LogP) is 3.16. The molecule has 1 saturated heterocycles. The lowest BCUT2D eigenvalue weighted by molar-refractivity contribution is -0.125. The minimum atomic E-state index is -0.696. The Kier molecular flexibility index (Phi) is 5.96. The van der Waals surface area contributed by atoms with Crippen molar-refractivity contribution in [2.45, 2.75) is 76.0 Å². The van der Waals surface area contributed by atoms with E-state index in [0.29, 0.717) is 24.7 Å². The molecule has 2 aromatic rings. The molecular formula is C22H30N4O3. The van der Waals surface area contributed by atoms with Gasteiger partial charge in [-0.1, -0.05) is 55.6 Å². The number of aliphatic hydroxyl groups is 1. The summed E-state index contributed by atoms with van der Waals surface area (Å²) in [5.41, 5.74) is 7.55. The van der Waals surface area contributed by atoms with Crippen molar-refractivity contribution in [1.29, 1.82) is 0 Å². The van der Waals surface area contributed by atoms with Crippen molar-refractivity contribution >= 4 is 5.91 Å². The molecule has 4 rings (SSSR count). The number of aromatic nitrogens is 2. The van der Waals surface area contributed by atoms with E-state index in [1.54, 1.807) is 0 Å². The summed E-state index contributed by atoms with van der Waals surface area (Å²) in [6, 6.07) is 7.49. The quantitative estimate of drug-likeness (QED) is 0.774. The first-order valence-corrected chi connectivity index (χ1v) is 10.8. The Bertz CT molecular complexity index is 829. The molecule has 7 heteroatoms. The Morgan fingerprint density at radius 1 is 1.24 bits per heavy atom. The van der Waals surface area contributed by atoms with E-state index in [4.69, 9.17) is 10.3 Å². The van der Waals surface area contributed by atoms with Crippen LogP contribution in [0.15, 0.2) is 28.8 Å². The van der Waals surface area contributed by atoms with Crippen LogP contribution in [0, 0.1) is 0 Å². The molecule has 1 aromatic carbocycles. The van der Waals surface area contributed by atoms with E-state index in [9.17, 15) is 9.90 Å². The van der Waals surface area contributed by atoms with Crippen molar-refractivity contribution < 1.29 is 14.4 Å². The SMILES string of the molecule is CC[C@@H](c1ccc(-c2noc(C3CCCCC3)n2)cc1)N1CCC(O)C1C(N)=O. The van der Waals surface area contributed by atoms with Crippen LogP contribution in [0.25, 0.3) is 11.4 Å². The third kappa shape index (κ3) is 4.07. The number of primary amides is 1. The Balaban J connectivity index is 1.51. The second kappa shape index (κ2) is 8.63. The van der Waals surface area contributed by atoms with Crippen LogP contribution in [0.3, 0.4) is 0 Å². The molecule has 2 fully saturated rings. The molecule has 1 saturated carbocycles. The van der Waals surface area contributed by atoms with Crippen molar-refractivity contribution in [3.8, 4) is 11.4 Å². The van der Waals surface area contributed by atoms with Crippen LogP contribution in [-0.2, 0) is 4.79 Å². The topological polar surface area (TPSA) is 105 Å². The molecule has 3 N–H and O–H groups in total. The van der Waals surface area contributed by atoms with Crippen molar-refractivity contribution in [3.05, 3.63) is 35.7 Å². The standard InChI is InChI=1S/C22H30N4O3/c1-2-17(26-13-12-18(27)19(26)20(23)28)14-8-10-15(11-9-14)21-24-22(29-25-21)16-6-4-3-5-7-16/h8-11,16-19,27H,2-7,12-13H2,1H3,(H2,23,28)/t17-,18?,19?/m0/s1. The zero-order chi connectivity index (χ0) is 20.4. The van der Waals surface area contributed by atoms with Crippen LogP contribution >= 0.6 is 0 Å². The smallest absolute Gasteiger partial charge is 0.237 e. The van der Waals surface area contributed by atoms with Crippen molar-refractivity contribution in [2.75, 3.05) is 6.54 Å². The fourth-order valence-corrected chi connectivity index (χ4v) is 4.89. The number of likely N-dealkylation sites (tertiary alicyclic amines) is 1. The predicted molar refractivity (Wildman–Crippen MR) is 109 cm³/mol. The van der Waals surface area contributed by atoms with Crippen LogP contribution in [0.4, 0.5) is 0 Å². The van der Waals surface area contributed by atoms with Gasteiger partial charge in [0.1, 0.15) is 6.04 Å². The second-order valence-corrected chi connectivity index (χ2v) is 8.28. The lowest BCUT2D eigenvalue weighted by Crippen LogP contribution is -2.47. The summed E-state index contributed by atoms with van der Waals surface area (Å²) in [6.45, 7) is 2.74. The molecule has 3 atom stereocenters. The van der Waals surface area contributed by atoms with Crippen LogP contribution in [0.1, 0.15) is 75.3 Å². The molecular weight excluding hydrogens is 368 g/mol. The molecule has 1 aliphatic heterocycles. The number of hydrogen-bond donors (Lipinski definition) is 2. The average Bonchev–Trinajstić information content (AvgIpc) is 3.37. The Labute approximate surface area is 171 Å². The van der Waals surface area contributed by atoms with Gasteiger partial charge in [-0.2, -0.15) is 4.98 Å². The molecule has 2 unspecified atom stereocenters. The van der Waals surface area contributed by atoms with Gasteiger partial charge in [0.2, 0.25) is 17.6 Å². The number of nitrogens with zero attached hydrogens (tertiary/aromatic N) is 3. The monoisotopic (exact) mass is 398 g/mol. The Morgan fingerprint density at radius 2 is 1.97 bits per heavy atom. The molecule has 2 aliphatic rings. The lowest BCUT2D eigenvalue weighted by Gasteiger charge is -2.32. The molecule has 1 aromatic heterocycles. The first-order chi connectivity index (χ1) is 14.1. The maximum Gasteiger partial charge on any atom is 0.237 e. The third-order valence-electron chi connectivity index (χ3n) is 6.43. The normalized spacial score (nSPS) is 24.6. The summed E-state index contributed by atoms with van der Waals surface area (Å²) in [4.78, 5) is 18.5. The van der Waals surface area contributed by atoms with E-state index in [-0.39, 0.29) is 6.04 Å². The summed E-state index contributed by atoms with van der Waals surface area (Å²) < 4.78 is 5.54. The first kappa shape index (κ1) is 20.0. The molecule has 1 aliphatic carbocycles. The highest BCUT2D eigenvalue weighted by atomic mass is 16.5. The number of carbonyl (C=O) groups excluding carboxylic acids is 1. The van der Waals surface area contributed by atoms with Gasteiger partial charge < -0.3 is 15.4 Å². The van der Waals surface area contributed by atoms with Crippen LogP contribution in [-0.4, -0.2) is 44.7 Å². The van der Waals surface area contributed by atoms with Crippen LogP contribution in [0.5, 0.6) is 0 Å². The molecule has 1 amide bonds. The first-order valence-electron chi connectivity index (χ1n) is 10.8. The van der Waals surface area contributed by atoms with Gasteiger partial charge in [-0.05, 0) is 31.2 Å². The Morgan fingerprint density at radius 3 is 2.62 bits per heavy atom. The van der Waals surface area contributed by atoms with Crippen molar-refractivity contribution in [3.63, 3.8) is 0 Å². The highest BCUT2D eigenvalue weighted by Gasteiger charge is 2.40. The highest BCUT2D eigenvalue weighted by molar-refractivity contribution is 5.81. The molecule has 0 spiro atoms. The third-order valence-corrected chi connectivity index (χ3v) is 6.43. The maximum atomic E-state index is 11.8. The lowest BCUT2D eigenvalue weighted by atomic mass is 9.89. The number of hydrogen-bond acceptors (Lipinski definition) is 6. The zero-order valence-electron chi connectivity index (χ0n) is 17.0. The largest absolute Gasteiger partial charge is 0.391 e. The van der Waals surface area contributed by atoms with E-state index in [1.165, 1.54) is 19.3 Å². The summed E-state index contributed by atoms with van der Waals surface area (Å²) in [7, 11) is 0. The summed E-state index contributed by atoms with van der Waals surface area (Å²) >= 11 is 0. The van der Waals surface area contributed by atoms with E-state index in [0.717, 1.165) is 36.3 Å². The number of aliphatic hydroxyl groups excluding tert-OH is 1. The summed E-state index contributed by atoms with van der Waals surface area (Å²) in [5, 5.41) is 14.3. The molecule has 156 valence electrons. The van der Waals surface area contributed by atoms with Gasteiger partial charge in [-0.3, -0.25) is 9.69 Å². The van der Waals surface area contributed by atoms with Gasteiger partial charge in [0.15, 0.2) is 0 Å². The van der Waals surface area contributed by atoms with Crippen molar-refractivity contribution in [2.24, 2.45) is 5.73 Å². The van der Waals surface area contributed by atoms with Gasteiger partial charge >= 0.3 is 0 Å². The van der Waals surface area contributed by atoms with Crippen LogP contribution < -0.4 is 5.73 Å². The second-order valence-electron chi connectivity index (χ2n) is 8.28. The average molecular weight is 399 g/mol. The van der Waals surface area contributed by atoms with Gasteiger partial charge in [-0.15, -0.1) is 0 Å².